The van der Waals surface area contributed by atoms with E-state index in [9.17, 15) is 14.7 Å². The molecule has 4 rings (SSSR count). The smallest absolute Gasteiger partial charge is 0.413 e. The van der Waals surface area contributed by atoms with Gasteiger partial charge in [0.25, 0.3) is 0 Å². The minimum atomic E-state index is -1.16. The molecule has 9 nitrogen and oxygen atoms in total. The van der Waals surface area contributed by atoms with Crippen molar-refractivity contribution in [3.63, 3.8) is 0 Å². The lowest BCUT2D eigenvalue weighted by Gasteiger charge is -2.47. The number of likely N-dealkylation sites (tertiary alicyclic amines) is 1. The Labute approximate surface area is 251 Å². The van der Waals surface area contributed by atoms with Gasteiger partial charge >= 0.3 is 6.09 Å². The number of aliphatic hydroxyl groups is 1. The molecule has 3 heterocycles. The van der Waals surface area contributed by atoms with Gasteiger partial charge in [-0.3, -0.25) is 15.3 Å². The van der Waals surface area contributed by atoms with Crippen LogP contribution < -0.4 is 10.6 Å². The Kier molecular flexibility index (Phi) is 9.59. The number of aromatic nitrogens is 1. The third-order valence-electron chi connectivity index (χ3n) is 8.26. The molecular weight excluding hydrogens is 561 g/mol. The van der Waals surface area contributed by atoms with E-state index in [1.54, 1.807) is 39.0 Å². The average Bonchev–Trinajstić information content (AvgIpc) is 2.91. The predicted octanol–water partition coefficient (Wildman–Crippen LogP) is 5.83. The molecule has 2 aliphatic rings. The van der Waals surface area contributed by atoms with Crippen molar-refractivity contribution in [1.82, 2.24) is 15.2 Å². The number of halogens is 2. The van der Waals surface area contributed by atoms with E-state index in [4.69, 9.17) is 21.3 Å². The van der Waals surface area contributed by atoms with Crippen LogP contribution in [0.25, 0.3) is 0 Å². The Balaban J connectivity index is 1.77. The van der Waals surface area contributed by atoms with Gasteiger partial charge in [0.2, 0.25) is 0 Å². The summed E-state index contributed by atoms with van der Waals surface area (Å²) in [6.45, 7) is 8.61. The molecule has 1 spiro atoms. The maximum absolute atomic E-state index is 15.6. The molecule has 3 atom stereocenters. The number of piperidine rings is 1. The normalized spacial score (nSPS) is 23.7. The number of hydrogen-bond donors (Lipinski definition) is 3. The SMILES string of the molecule is CN1CCC2(CC1)C(NC(=O)OC(C)(C)C)=N[C@](C)(c1cc(NC(O)c3ccc(Cl)cn3)ccc1F)CCCC2C=O. The maximum Gasteiger partial charge on any atom is 0.413 e. The van der Waals surface area contributed by atoms with Gasteiger partial charge in [-0.2, -0.15) is 0 Å². The number of benzene rings is 1. The van der Waals surface area contributed by atoms with E-state index < -0.39 is 34.7 Å². The molecule has 2 unspecified atom stereocenters. The number of pyridine rings is 1. The van der Waals surface area contributed by atoms with Gasteiger partial charge in [0.05, 0.1) is 16.3 Å². The number of aliphatic imine (C=N–C) groups is 1. The van der Waals surface area contributed by atoms with Gasteiger partial charge in [-0.15, -0.1) is 0 Å². The van der Waals surface area contributed by atoms with Crippen LogP contribution in [0.3, 0.4) is 0 Å². The van der Waals surface area contributed by atoms with Crippen molar-refractivity contribution in [3.05, 3.63) is 58.6 Å². The second kappa shape index (κ2) is 12.7. The topological polar surface area (TPSA) is 116 Å². The summed E-state index contributed by atoms with van der Waals surface area (Å²) in [5.41, 5.74) is -1.43. The fourth-order valence-corrected chi connectivity index (χ4v) is 6.02. The number of nitrogens with zero attached hydrogens (tertiary/aromatic N) is 3. The van der Waals surface area contributed by atoms with Crippen LogP contribution in [0, 0.1) is 17.2 Å². The number of anilines is 1. The molecule has 1 aromatic heterocycles. The first-order chi connectivity index (χ1) is 19.7. The Morgan fingerprint density at radius 1 is 1.24 bits per heavy atom. The second-order valence-electron chi connectivity index (χ2n) is 12.6. The fraction of sp³-hybridized carbons (Fsp3) is 0.548. The van der Waals surface area contributed by atoms with Gasteiger partial charge in [-0.25, -0.2) is 9.18 Å². The zero-order valence-corrected chi connectivity index (χ0v) is 25.7. The number of carbonyl (C=O) groups is 2. The minimum absolute atomic E-state index is 0.305. The van der Waals surface area contributed by atoms with Crippen molar-refractivity contribution in [2.45, 2.75) is 77.2 Å². The molecule has 0 aliphatic carbocycles. The van der Waals surface area contributed by atoms with Crippen LogP contribution in [0.4, 0.5) is 14.9 Å². The highest BCUT2D eigenvalue weighted by atomic mass is 35.5. The Morgan fingerprint density at radius 2 is 1.95 bits per heavy atom. The minimum Gasteiger partial charge on any atom is -0.444 e. The first-order valence-electron chi connectivity index (χ1n) is 14.3. The number of amides is 1. The Bertz CT molecular complexity index is 1310. The molecule has 1 saturated heterocycles. The number of amidine groups is 1. The van der Waals surface area contributed by atoms with Crippen molar-refractivity contribution in [2.75, 3.05) is 25.5 Å². The third kappa shape index (κ3) is 7.27. The lowest BCUT2D eigenvalue weighted by atomic mass is 9.65. The summed E-state index contributed by atoms with van der Waals surface area (Å²) in [5.74, 6) is -0.468. The molecular formula is C31H41ClFN5O4. The predicted molar refractivity (Wildman–Crippen MR) is 161 cm³/mol. The third-order valence-corrected chi connectivity index (χ3v) is 8.49. The molecule has 42 heavy (non-hydrogen) atoms. The zero-order chi connectivity index (χ0) is 30.7. The molecule has 3 N–H and O–H groups in total. The van der Waals surface area contributed by atoms with Crippen molar-refractivity contribution < 1.29 is 23.8 Å². The molecule has 0 radical (unpaired) electrons. The summed E-state index contributed by atoms with van der Waals surface area (Å²) < 4.78 is 21.2. The maximum atomic E-state index is 15.6. The van der Waals surface area contributed by atoms with Gasteiger partial charge in [0.1, 0.15) is 23.5 Å². The van der Waals surface area contributed by atoms with Gasteiger partial charge in [0.15, 0.2) is 6.23 Å². The van der Waals surface area contributed by atoms with Crippen LogP contribution in [-0.2, 0) is 15.1 Å². The van der Waals surface area contributed by atoms with Crippen LogP contribution in [0.2, 0.25) is 5.02 Å². The van der Waals surface area contributed by atoms with Crippen molar-refractivity contribution in [3.8, 4) is 0 Å². The number of nitrogens with one attached hydrogen (secondary N) is 2. The van der Waals surface area contributed by atoms with Crippen molar-refractivity contribution in [1.29, 1.82) is 0 Å². The highest BCUT2D eigenvalue weighted by Gasteiger charge is 2.48. The monoisotopic (exact) mass is 601 g/mol. The Hall–Kier alpha value is -3.08. The highest BCUT2D eigenvalue weighted by molar-refractivity contribution is 6.30. The molecule has 1 aromatic carbocycles. The number of alkyl carbamates (subject to hydrolysis) is 1. The fourth-order valence-electron chi connectivity index (χ4n) is 5.91. The van der Waals surface area contributed by atoms with E-state index in [1.165, 1.54) is 18.3 Å². The number of hydrogen-bond acceptors (Lipinski definition) is 8. The van der Waals surface area contributed by atoms with E-state index in [2.05, 4.69) is 20.5 Å². The summed E-state index contributed by atoms with van der Waals surface area (Å²) in [4.78, 5) is 37.1. The summed E-state index contributed by atoms with van der Waals surface area (Å²) in [5, 5.41) is 17.1. The van der Waals surface area contributed by atoms with E-state index in [0.29, 0.717) is 59.9 Å². The van der Waals surface area contributed by atoms with Crippen LogP contribution in [0.1, 0.15) is 77.3 Å². The Morgan fingerprint density at radius 3 is 2.57 bits per heavy atom. The van der Waals surface area contributed by atoms with Crippen LogP contribution in [-0.4, -0.2) is 58.9 Å². The summed E-state index contributed by atoms with van der Waals surface area (Å²) in [6, 6.07) is 7.72. The number of aldehydes is 1. The summed E-state index contributed by atoms with van der Waals surface area (Å²) >= 11 is 5.92. The van der Waals surface area contributed by atoms with Crippen LogP contribution >= 0.6 is 11.6 Å². The largest absolute Gasteiger partial charge is 0.444 e. The lowest BCUT2D eigenvalue weighted by molar-refractivity contribution is -0.115. The molecule has 0 saturated carbocycles. The average molecular weight is 602 g/mol. The van der Waals surface area contributed by atoms with E-state index >= 15 is 4.39 Å². The van der Waals surface area contributed by atoms with Crippen LogP contribution in [0.15, 0.2) is 41.5 Å². The lowest BCUT2D eigenvalue weighted by Crippen LogP contribution is -2.55. The molecule has 11 heteroatoms. The van der Waals surface area contributed by atoms with Gasteiger partial charge in [-0.1, -0.05) is 11.6 Å². The molecule has 228 valence electrons. The van der Waals surface area contributed by atoms with E-state index in [1.807, 2.05) is 14.0 Å². The van der Waals surface area contributed by atoms with Crippen molar-refractivity contribution >= 4 is 35.5 Å². The van der Waals surface area contributed by atoms with Crippen LogP contribution in [0.5, 0.6) is 0 Å². The first-order valence-corrected chi connectivity index (χ1v) is 14.7. The van der Waals surface area contributed by atoms with E-state index in [0.717, 1.165) is 19.4 Å². The van der Waals surface area contributed by atoms with Crippen molar-refractivity contribution in [2.24, 2.45) is 16.3 Å². The standard InChI is InChI=1S/C31H41ClFN5O4/c1-29(2,3)42-28(41)36-27-31(13-15-38(5)16-14-31)20(19-39)7-6-12-30(4,37-27)23-17-22(9-10-24(23)33)35-26(40)25-11-8-21(32)18-34-25/h8-11,17-20,26,35,40H,6-7,12-16H2,1-5H3,(H,36,37,41)/t20?,26?,30-/m0/s1. The molecule has 1 fully saturated rings. The molecule has 0 bridgehead atoms. The molecule has 2 aromatic rings. The number of carbonyl (C=O) groups excluding carboxylic acids is 2. The highest BCUT2D eigenvalue weighted by Crippen LogP contribution is 2.46. The number of ether oxygens (including phenoxy) is 1. The first kappa shape index (κ1) is 31.8. The van der Waals surface area contributed by atoms with Gasteiger partial charge in [-0.05, 0) is 110 Å². The molecule has 1 amide bonds. The van der Waals surface area contributed by atoms with Gasteiger partial charge < -0.3 is 24.9 Å². The number of aliphatic hydroxyl groups excluding tert-OH is 1. The quantitative estimate of drug-likeness (QED) is 0.292. The zero-order valence-electron chi connectivity index (χ0n) is 24.9. The van der Waals surface area contributed by atoms with Gasteiger partial charge in [0, 0.05) is 28.8 Å². The summed E-state index contributed by atoms with van der Waals surface area (Å²) in [6.07, 6.45) is 3.48. The molecule has 2 aliphatic heterocycles. The number of rotatable bonds is 5. The summed E-state index contributed by atoms with van der Waals surface area (Å²) in [7, 11) is 2.02. The second-order valence-corrected chi connectivity index (χ2v) is 13.0. The van der Waals surface area contributed by atoms with E-state index in [-0.39, 0.29) is 5.92 Å².